The van der Waals surface area contributed by atoms with Crippen molar-refractivity contribution in [2.75, 3.05) is 0 Å². The van der Waals surface area contributed by atoms with Gasteiger partial charge in [-0.25, -0.2) is 9.59 Å². The van der Waals surface area contributed by atoms with Crippen LogP contribution in [-0.2, 0) is 4.79 Å². The lowest BCUT2D eigenvalue weighted by Crippen LogP contribution is -2.64. The monoisotopic (exact) mass is 201 g/mol. The summed E-state index contributed by atoms with van der Waals surface area (Å²) in [5.74, 6) is -2.86. The molecule has 1 rings (SSSR count). The Morgan fingerprint density at radius 2 is 2.21 bits per heavy atom. The molecule has 0 aromatic rings. The van der Waals surface area contributed by atoms with Crippen molar-refractivity contribution >= 4 is 23.9 Å². The van der Waals surface area contributed by atoms with Crippen LogP contribution in [0, 0.1) is 0 Å². The van der Waals surface area contributed by atoms with E-state index in [0.717, 1.165) is 0 Å². The van der Waals surface area contributed by atoms with Crippen LogP contribution in [0.2, 0.25) is 0 Å². The Hall–Kier alpha value is -2.16. The molecule has 0 fully saturated rings. The molecule has 1 aliphatic rings. The molecular weight excluding hydrogens is 196 g/mol. The molecule has 5 N–H and O–H groups in total. The van der Waals surface area contributed by atoms with Crippen molar-refractivity contribution in [3.05, 3.63) is 0 Å². The van der Waals surface area contributed by atoms with E-state index in [-0.39, 0.29) is 0 Å². The molecule has 0 bridgehead atoms. The maximum atomic E-state index is 10.6. The number of aliphatic imine (C=N–C) groups is 1. The molecule has 0 aromatic carbocycles. The number of nitrogens with zero attached hydrogens (tertiary/aromatic N) is 1. The second kappa shape index (κ2) is 2.96. The molecule has 1 atom stereocenters. The number of hydrogen-bond donors (Lipinski definition) is 4. The molecule has 0 spiro atoms. The number of carboxylic acid groups (broad SMARTS) is 1. The minimum atomic E-state index is -2.84. The molecule has 0 aromatic heterocycles. The third-order valence-corrected chi connectivity index (χ3v) is 1.38. The van der Waals surface area contributed by atoms with E-state index < -0.39 is 29.6 Å². The Kier molecular flexibility index (Phi) is 2.10. The van der Waals surface area contributed by atoms with Crippen molar-refractivity contribution in [2.45, 2.75) is 5.72 Å². The molecule has 76 valence electrons. The average Bonchev–Trinajstić information content (AvgIpc) is 2.26. The third kappa shape index (κ3) is 1.47. The Morgan fingerprint density at radius 3 is 2.64 bits per heavy atom. The number of aliphatic carboxylic acids is 1. The number of carbonyl (C=O) groups is 3. The first-order valence-electron chi connectivity index (χ1n) is 3.28. The molecule has 1 unspecified atom stereocenters. The lowest BCUT2D eigenvalue weighted by molar-refractivity contribution is -0.320. The van der Waals surface area contributed by atoms with Crippen molar-refractivity contribution in [3.8, 4) is 0 Å². The number of urea groups is 2. The molecule has 1 aliphatic heterocycles. The number of amidine groups is 1. The minimum absolute atomic E-state index is 0.824. The highest BCUT2D eigenvalue weighted by Gasteiger charge is 2.43. The van der Waals surface area contributed by atoms with Gasteiger partial charge in [0.25, 0.3) is 0 Å². The second-order valence-corrected chi connectivity index (χ2v) is 2.38. The Labute approximate surface area is 76.6 Å². The van der Waals surface area contributed by atoms with Gasteiger partial charge in [0.05, 0.1) is 0 Å². The fourth-order valence-electron chi connectivity index (χ4n) is 0.807. The number of nitrogens with one attached hydrogen (secondary N) is 2. The lowest BCUT2D eigenvalue weighted by atomic mass is 10.2. The van der Waals surface area contributed by atoms with Crippen LogP contribution in [0.5, 0.6) is 0 Å². The molecule has 4 amide bonds. The molecule has 0 saturated carbocycles. The van der Waals surface area contributed by atoms with Crippen molar-refractivity contribution in [2.24, 2.45) is 10.7 Å². The highest BCUT2D eigenvalue weighted by Crippen LogP contribution is 2.08. The number of aliphatic hydroxyl groups is 1. The zero-order valence-electron chi connectivity index (χ0n) is 6.60. The summed E-state index contributed by atoms with van der Waals surface area (Å²) in [7, 11) is 0. The summed E-state index contributed by atoms with van der Waals surface area (Å²) in [6, 6.07) is -2.29. The fourth-order valence-corrected chi connectivity index (χ4v) is 0.807. The first-order chi connectivity index (χ1) is 6.36. The van der Waals surface area contributed by atoms with E-state index in [9.17, 15) is 24.6 Å². The van der Waals surface area contributed by atoms with E-state index >= 15 is 0 Å². The fraction of sp³-hybridized carbons (Fsp3) is 0.200. The van der Waals surface area contributed by atoms with Gasteiger partial charge in [0.2, 0.25) is 5.72 Å². The Balaban J connectivity index is 3.00. The zero-order valence-corrected chi connectivity index (χ0v) is 6.60. The first kappa shape index (κ1) is 9.92. The molecule has 9 heteroatoms. The highest BCUT2D eigenvalue weighted by molar-refractivity contribution is 6.19. The van der Waals surface area contributed by atoms with Gasteiger partial charge in [-0.2, -0.15) is 4.99 Å². The second-order valence-electron chi connectivity index (χ2n) is 2.38. The minimum Gasteiger partial charge on any atom is -0.544 e. The van der Waals surface area contributed by atoms with Gasteiger partial charge in [-0.1, -0.05) is 0 Å². The van der Waals surface area contributed by atoms with Crippen LogP contribution < -0.4 is 21.5 Å². The number of hydrogen-bond acceptors (Lipinski definition) is 5. The predicted molar refractivity (Wildman–Crippen MR) is 38.6 cm³/mol. The average molecular weight is 201 g/mol. The van der Waals surface area contributed by atoms with Crippen LogP contribution in [0.1, 0.15) is 0 Å². The van der Waals surface area contributed by atoms with Crippen LogP contribution in [0.3, 0.4) is 0 Å². The summed E-state index contributed by atoms with van der Waals surface area (Å²) in [5.41, 5.74) is 1.80. The van der Waals surface area contributed by atoms with Gasteiger partial charge in [0.1, 0.15) is 5.97 Å². The van der Waals surface area contributed by atoms with Gasteiger partial charge in [0.15, 0.2) is 5.84 Å². The van der Waals surface area contributed by atoms with E-state index in [1.807, 2.05) is 0 Å². The summed E-state index contributed by atoms with van der Waals surface area (Å²) in [6.45, 7) is 0. The zero-order chi connectivity index (χ0) is 10.9. The van der Waals surface area contributed by atoms with E-state index in [4.69, 9.17) is 0 Å². The van der Waals surface area contributed by atoms with E-state index in [0.29, 0.717) is 0 Å². The molecule has 0 aliphatic carbocycles. The number of primary amides is 1. The van der Waals surface area contributed by atoms with Crippen molar-refractivity contribution < 1.29 is 24.6 Å². The number of rotatable bonds is 1. The topological polar surface area (TPSA) is 157 Å². The van der Waals surface area contributed by atoms with Crippen LogP contribution in [0.25, 0.3) is 0 Å². The van der Waals surface area contributed by atoms with Gasteiger partial charge in [-0.05, 0) is 0 Å². The summed E-state index contributed by atoms with van der Waals surface area (Å²) in [5, 5.41) is 22.9. The van der Waals surface area contributed by atoms with E-state index in [1.54, 1.807) is 10.6 Å². The molecule has 14 heavy (non-hydrogen) atoms. The summed E-state index contributed by atoms with van der Waals surface area (Å²) < 4.78 is 0. The summed E-state index contributed by atoms with van der Waals surface area (Å²) >= 11 is 0. The number of amides is 4. The highest BCUT2D eigenvalue weighted by atomic mass is 16.4. The van der Waals surface area contributed by atoms with Gasteiger partial charge < -0.3 is 20.7 Å². The standard InChI is InChI=1S/C5H6N4O5/c6-3(12)7-1-5(14,2(10)11)9-4(13)8-1/h14H,(H,10,11)(H4,6,7,8,9,12,13)/p-1. The molecule has 0 radical (unpaired) electrons. The van der Waals surface area contributed by atoms with Crippen LogP contribution >= 0.6 is 0 Å². The summed E-state index contributed by atoms with van der Waals surface area (Å²) in [4.78, 5) is 34.4. The lowest BCUT2D eigenvalue weighted by Gasteiger charge is -2.24. The van der Waals surface area contributed by atoms with Gasteiger partial charge >= 0.3 is 12.1 Å². The maximum absolute atomic E-state index is 10.6. The molecule has 1 heterocycles. The largest absolute Gasteiger partial charge is 0.544 e. The SMILES string of the molecule is NC(=O)NC1=NC(=O)NC1(O)C(=O)[O-]. The quantitative estimate of drug-likeness (QED) is 0.342. The Morgan fingerprint density at radius 1 is 1.64 bits per heavy atom. The van der Waals surface area contributed by atoms with E-state index in [2.05, 4.69) is 10.7 Å². The molecular formula is C5H5N4O5-. The smallest absolute Gasteiger partial charge is 0.345 e. The van der Waals surface area contributed by atoms with Crippen molar-refractivity contribution in [1.29, 1.82) is 0 Å². The first-order valence-corrected chi connectivity index (χ1v) is 3.28. The summed E-state index contributed by atoms with van der Waals surface area (Å²) in [6.07, 6.45) is 0. The van der Waals surface area contributed by atoms with Gasteiger partial charge in [-0.15, -0.1) is 0 Å². The van der Waals surface area contributed by atoms with Gasteiger partial charge in [-0.3, -0.25) is 10.6 Å². The molecule has 0 saturated heterocycles. The van der Waals surface area contributed by atoms with Crippen molar-refractivity contribution in [3.63, 3.8) is 0 Å². The van der Waals surface area contributed by atoms with Crippen LogP contribution in [0.15, 0.2) is 4.99 Å². The number of carbonyl (C=O) groups excluding carboxylic acids is 3. The number of carboxylic acids is 1. The maximum Gasteiger partial charge on any atom is 0.345 e. The van der Waals surface area contributed by atoms with Crippen LogP contribution in [-0.4, -0.2) is 34.7 Å². The van der Waals surface area contributed by atoms with Crippen molar-refractivity contribution in [1.82, 2.24) is 10.6 Å². The van der Waals surface area contributed by atoms with E-state index in [1.165, 1.54) is 0 Å². The third-order valence-electron chi connectivity index (χ3n) is 1.38. The number of nitrogens with two attached hydrogens (primary N) is 1. The predicted octanol–water partition coefficient (Wildman–Crippen LogP) is -3.79. The van der Waals surface area contributed by atoms with Gasteiger partial charge in [0, 0.05) is 0 Å². The Bertz CT molecular complexity index is 350. The van der Waals surface area contributed by atoms with Crippen LogP contribution in [0.4, 0.5) is 9.59 Å². The normalized spacial score (nSPS) is 25.2. The molecule has 9 nitrogen and oxygen atoms in total.